The van der Waals surface area contributed by atoms with Gasteiger partial charge in [0.25, 0.3) is 5.91 Å². The minimum absolute atomic E-state index is 0.0590. The fourth-order valence-corrected chi connectivity index (χ4v) is 3.19. The molecule has 6 nitrogen and oxygen atoms in total. The summed E-state index contributed by atoms with van der Waals surface area (Å²) in [6.07, 6.45) is 5.79. The number of amides is 1. The van der Waals surface area contributed by atoms with Gasteiger partial charge in [-0.3, -0.25) is 9.48 Å². The molecule has 1 aliphatic rings. The second-order valence-corrected chi connectivity index (χ2v) is 5.81. The summed E-state index contributed by atoms with van der Waals surface area (Å²) in [6.45, 7) is 4.64. The Hall–Kier alpha value is -2.11. The van der Waals surface area contributed by atoms with Gasteiger partial charge in [0.15, 0.2) is 0 Å². The van der Waals surface area contributed by atoms with Gasteiger partial charge < -0.3 is 9.47 Å². The minimum atomic E-state index is 0.0590. The molecule has 1 aliphatic heterocycles. The first-order valence-corrected chi connectivity index (χ1v) is 7.28. The lowest BCUT2D eigenvalue weighted by Gasteiger charge is -2.24. The Labute approximate surface area is 124 Å². The average molecular weight is 287 g/mol. The summed E-state index contributed by atoms with van der Waals surface area (Å²) in [7, 11) is 3.83. The van der Waals surface area contributed by atoms with E-state index in [2.05, 4.69) is 10.1 Å². The maximum absolute atomic E-state index is 12.8. The van der Waals surface area contributed by atoms with Crippen molar-refractivity contribution < 1.29 is 4.79 Å². The highest BCUT2D eigenvalue weighted by molar-refractivity contribution is 5.95. The van der Waals surface area contributed by atoms with Crippen LogP contribution in [0.4, 0.5) is 0 Å². The molecule has 2 aromatic heterocycles. The molecule has 0 N–H and O–H groups in total. The SMILES string of the molecule is Cc1cn(C)c(C2CCCN2C(=O)c2cn(C)nc2C)n1. The Morgan fingerprint density at radius 3 is 2.62 bits per heavy atom. The van der Waals surface area contributed by atoms with E-state index in [-0.39, 0.29) is 11.9 Å². The predicted molar refractivity (Wildman–Crippen MR) is 78.9 cm³/mol. The maximum Gasteiger partial charge on any atom is 0.257 e. The van der Waals surface area contributed by atoms with Crippen LogP contribution in [0.3, 0.4) is 0 Å². The van der Waals surface area contributed by atoms with E-state index in [0.717, 1.165) is 36.6 Å². The van der Waals surface area contributed by atoms with Gasteiger partial charge in [-0.05, 0) is 26.7 Å². The highest BCUT2D eigenvalue weighted by Gasteiger charge is 2.34. The molecule has 112 valence electrons. The van der Waals surface area contributed by atoms with Gasteiger partial charge in [0.05, 0.1) is 23.0 Å². The van der Waals surface area contributed by atoms with Crippen LogP contribution < -0.4 is 0 Å². The molecule has 1 unspecified atom stereocenters. The fourth-order valence-electron chi connectivity index (χ4n) is 3.19. The molecule has 0 aromatic carbocycles. The maximum atomic E-state index is 12.8. The van der Waals surface area contributed by atoms with Crippen molar-refractivity contribution in [3.05, 3.63) is 35.2 Å². The van der Waals surface area contributed by atoms with Crippen molar-refractivity contribution in [3.8, 4) is 0 Å². The highest BCUT2D eigenvalue weighted by atomic mass is 16.2. The van der Waals surface area contributed by atoms with Crippen molar-refractivity contribution in [2.24, 2.45) is 14.1 Å². The van der Waals surface area contributed by atoms with Crippen LogP contribution in [0.2, 0.25) is 0 Å². The summed E-state index contributed by atoms with van der Waals surface area (Å²) in [4.78, 5) is 19.3. The second-order valence-electron chi connectivity index (χ2n) is 5.81. The summed E-state index contributed by atoms with van der Waals surface area (Å²) in [5.41, 5.74) is 2.46. The van der Waals surface area contributed by atoms with E-state index in [1.807, 2.05) is 43.6 Å². The van der Waals surface area contributed by atoms with Crippen molar-refractivity contribution in [1.82, 2.24) is 24.2 Å². The van der Waals surface area contributed by atoms with Gasteiger partial charge in [-0.15, -0.1) is 0 Å². The molecular formula is C15H21N5O. The Bertz CT molecular complexity index is 684. The Morgan fingerprint density at radius 2 is 2.05 bits per heavy atom. The third-order valence-electron chi connectivity index (χ3n) is 4.09. The molecule has 21 heavy (non-hydrogen) atoms. The molecule has 1 fully saturated rings. The first-order chi connectivity index (χ1) is 9.97. The number of hydrogen-bond acceptors (Lipinski definition) is 3. The molecule has 2 aromatic rings. The van der Waals surface area contributed by atoms with Crippen LogP contribution >= 0.6 is 0 Å². The van der Waals surface area contributed by atoms with Crippen molar-refractivity contribution >= 4 is 5.91 Å². The summed E-state index contributed by atoms with van der Waals surface area (Å²) in [6, 6.07) is 0.0656. The molecule has 3 rings (SSSR count). The van der Waals surface area contributed by atoms with E-state index >= 15 is 0 Å². The van der Waals surface area contributed by atoms with Crippen LogP contribution in [0, 0.1) is 13.8 Å². The molecule has 6 heteroatoms. The van der Waals surface area contributed by atoms with E-state index in [1.165, 1.54) is 0 Å². The standard InChI is InChI=1S/C15H21N5O/c1-10-8-18(3)14(16-10)13-6-5-7-20(13)15(21)12-9-19(4)17-11(12)2/h8-9,13H,5-7H2,1-4H3. The van der Waals surface area contributed by atoms with Gasteiger partial charge in [-0.25, -0.2) is 4.98 Å². The third kappa shape index (κ3) is 2.34. The van der Waals surface area contributed by atoms with Crippen molar-refractivity contribution in [2.75, 3.05) is 6.54 Å². The molecule has 1 saturated heterocycles. The summed E-state index contributed by atoms with van der Waals surface area (Å²) >= 11 is 0. The third-order valence-corrected chi connectivity index (χ3v) is 4.09. The topological polar surface area (TPSA) is 56.0 Å². The normalized spacial score (nSPS) is 18.5. The number of nitrogens with zero attached hydrogens (tertiary/aromatic N) is 5. The van der Waals surface area contributed by atoms with Crippen LogP contribution in [0.25, 0.3) is 0 Å². The van der Waals surface area contributed by atoms with Crippen LogP contribution in [0.1, 0.15) is 46.5 Å². The van der Waals surface area contributed by atoms with Gasteiger partial charge in [-0.2, -0.15) is 5.10 Å². The number of aryl methyl sites for hydroxylation is 4. The first kappa shape index (κ1) is 13.9. The molecule has 0 aliphatic carbocycles. The minimum Gasteiger partial charge on any atom is -0.336 e. The Morgan fingerprint density at radius 1 is 1.29 bits per heavy atom. The van der Waals surface area contributed by atoms with E-state index in [0.29, 0.717) is 5.56 Å². The zero-order chi connectivity index (χ0) is 15.1. The van der Waals surface area contributed by atoms with Crippen LogP contribution in [0.15, 0.2) is 12.4 Å². The molecule has 0 spiro atoms. The molecule has 1 atom stereocenters. The van der Waals surface area contributed by atoms with Crippen LogP contribution in [-0.4, -0.2) is 36.7 Å². The van der Waals surface area contributed by atoms with Crippen LogP contribution in [-0.2, 0) is 14.1 Å². The lowest BCUT2D eigenvalue weighted by atomic mass is 10.1. The molecule has 1 amide bonds. The summed E-state index contributed by atoms with van der Waals surface area (Å²) in [5, 5.41) is 4.27. The van der Waals surface area contributed by atoms with Gasteiger partial charge in [0.1, 0.15) is 5.82 Å². The number of aromatic nitrogens is 4. The second kappa shape index (κ2) is 5.02. The number of carbonyl (C=O) groups is 1. The van der Waals surface area contributed by atoms with E-state index in [9.17, 15) is 4.79 Å². The Kier molecular flexibility index (Phi) is 3.31. The predicted octanol–water partition coefficient (Wildman–Crippen LogP) is 1.75. The summed E-state index contributed by atoms with van der Waals surface area (Å²) in [5.74, 6) is 1.03. The van der Waals surface area contributed by atoms with Gasteiger partial charge in [-0.1, -0.05) is 0 Å². The van der Waals surface area contributed by atoms with Crippen LogP contribution in [0.5, 0.6) is 0 Å². The number of rotatable bonds is 2. The molecule has 0 saturated carbocycles. The van der Waals surface area contributed by atoms with Crippen molar-refractivity contribution in [1.29, 1.82) is 0 Å². The molecule has 3 heterocycles. The molecule has 0 radical (unpaired) electrons. The summed E-state index contributed by atoms with van der Waals surface area (Å²) < 4.78 is 3.72. The zero-order valence-electron chi connectivity index (χ0n) is 13.0. The van der Waals surface area contributed by atoms with Crippen molar-refractivity contribution in [2.45, 2.75) is 32.7 Å². The number of likely N-dealkylation sites (tertiary alicyclic amines) is 1. The zero-order valence-corrected chi connectivity index (χ0v) is 13.0. The van der Waals surface area contributed by atoms with Crippen molar-refractivity contribution in [3.63, 3.8) is 0 Å². The number of hydrogen-bond donors (Lipinski definition) is 0. The Balaban J connectivity index is 1.92. The quantitative estimate of drug-likeness (QED) is 0.845. The van der Waals surface area contributed by atoms with E-state index < -0.39 is 0 Å². The van der Waals surface area contributed by atoms with E-state index in [1.54, 1.807) is 10.9 Å². The fraction of sp³-hybridized carbons (Fsp3) is 0.533. The first-order valence-electron chi connectivity index (χ1n) is 7.28. The van der Waals surface area contributed by atoms with Gasteiger partial charge in [0, 0.05) is 33.0 Å². The lowest BCUT2D eigenvalue weighted by Crippen LogP contribution is -2.32. The molecular weight excluding hydrogens is 266 g/mol. The van der Waals surface area contributed by atoms with Gasteiger partial charge in [0.2, 0.25) is 0 Å². The number of carbonyl (C=O) groups excluding carboxylic acids is 1. The monoisotopic (exact) mass is 287 g/mol. The van der Waals surface area contributed by atoms with E-state index in [4.69, 9.17) is 0 Å². The molecule has 0 bridgehead atoms. The lowest BCUT2D eigenvalue weighted by molar-refractivity contribution is 0.0727. The number of imidazole rings is 1. The van der Waals surface area contributed by atoms with Gasteiger partial charge >= 0.3 is 0 Å². The smallest absolute Gasteiger partial charge is 0.257 e. The largest absolute Gasteiger partial charge is 0.336 e. The highest BCUT2D eigenvalue weighted by Crippen LogP contribution is 2.32. The average Bonchev–Trinajstić information content (AvgIpc) is 3.08.